The fourth-order valence-corrected chi connectivity index (χ4v) is 2.54. The summed E-state index contributed by atoms with van der Waals surface area (Å²) in [6.07, 6.45) is 5.63. The zero-order chi connectivity index (χ0) is 11.4. The van der Waals surface area contributed by atoms with Crippen LogP contribution < -0.4 is 5.32 Å². The Balaban J connectivity index is 1.95. The summed E-state index contributed by atoms with van der Waals surface area (Å²) in [6, 6.07) is 0.0768. The fourth-order valence-electron chi connectivity index (χ4n) is 2.12. The molecule has 1 saturated carbocycles. The molecule has 16 heavy (non-hydrogen) atoms. The van der Waals surface area contributed by atoms with Crippen molar-refractivity contribution in [2.75, 3.05) is 6.61 Å². The summed E-state index contributed by atoms with van der Waals surface area (Å²) in [5, 5.41) is 12.2. The van der Waals surface area contributed by atoms with Gasteiger partial charge in [-0.25, -0.2) is 0 Å². The molecule has 2 unspecified atom stereocenters. The maximum atomic E-state index is 11.7. The van der Waals surface area contributed by atoms with Crippen LogP contribution in [-0.2, 0) is 0 Å². The van der Waals surface area contributed by atoms with Crippen LogP contribution in [0.1, 0.15) is 36.2 Å². The Bertz CT molecular complexity index is 342. The number of amides is 1. The Labute approximate surface area is 98.2 Å². The normalized spacial score (nSPS) is 25.3. The van der Waals surface area contributed by atoms with E-state index in [1.54, 1.807) is 0 Å². The number of nitrogens with one attached hydrogen (secondary N) is 1. The van der Waals surface area contributed by atoms with E-state index in [1.807, 2.05) is 0 Å². The highest BCUT2D eigenvalue weighted by molar-refractivity contribution is 6.99. The number of aliphatic hydroxyl groups is 1. The van der Waals surface area contributed by atoms with Gasteiger partial charge in [0.1, 0.15) is 0 Å². The first kappa shape index (κ1) is 11.5. The van der Waals surface area contributed by atoms with Gasteiger partial charge in [0.15, 0.2) is 5.69 Å². The molecule has 0 spiro atoms. The second-order valence-electron chi connectivity index (χ2n) is 4.10. The second kappa shape index (κ2) is 5.36. The van der Waals surface area contributed by atoms with E-state index in [0.29, 0.717) is 5.69 Å². The zero-order valence-electron chi connectivity index (χ0n) is 8.93. The molecule has 1 aromatic heterocycles. The molecule has 0 aromatic carbocycles. The number of aliphatic hydroxyl groups excluding tert-OH is 1. The molecule has 1 amide bonds. The summed E-state index contributed by atoms with van der Waals surface area (Å²) in [5.41, 5.74) is 0.368. The van der Waals surface area contributed by atoms with E-state index < -0.39 is 0 Å². The number of hydrogen-bond donors (Lipinski definition) is 2. The molecule has 1 heterocycles. The van der Waals surface area contributed by atoms with Crippen LogP contribution in [0.25, 0.3) is 0 Å². The number of rotatable bonds is 3. The first-order valence-corrected chi connectivity index (χ1v) is 6.23. The van der Waals surface area contributed by atoms with Crippen LogP contribution in [-0.4, -0.2) is 32.4 Å². The zero-order valence-corrected chi connectivity index (χ0v) is 9.74. The van der Waals surface area contributed by atoms with Crippen LogP contribution in [0.4, 0.5) is 0 Å². The lowest BCUT2D eigenvalue weighted by Gasteiger charge is -2.30. The summed E-state index contributed by atoms with van der Waals surface area (Å²) in [6.45, 7) is 0.139. The van der Waals surface area contributed by atoms with E-state index in [4.69, 9.17) is 0 Å². The average molecular weight is 241 g/mol. The van der Waals surface area contributed by atoms with Gasteiger partial charge in [0.25, 0.3) is 5.91 Å². The SMILES string of the molecule is O=C(NC1CCCCC1CO)c1cnsn1. The summed E-state index contributed by atoms with van der Waals surface area (Å²) >= 11 is 1.03. The quantitative estimate of drug-likeness (QED) is 0.821. The van der Waals surface area contributed by atoms with Gasteiger partial charge in [-0.15, -0.1) is 0 Å². The Morgan fingerprint density at radius 1 is 1.56 bits per heavy atom. The standard InChI is InChI=1S/C10H15N3O2S/c14-6-7-3-1-2-4-8(7)12-10(15)9-5-11-16-13-9/h5,7-8,14H,1-4,6H2,(H,12,15). The van der Waals surface area contributed by atoms with Gasteiger partial charge in [0.05, 0.1) is 17.9 Å². The van der Waals surface area contributed by atoms with Crippen molar-refractivity contribution in [1.82, 2.24) is 14.1 Å². The molecular weight excluding hydrogens is 226 g/mol. The molecular formula is C10H15N3O2S. The minimum Gasteiger partial charge on any atom is -0.396 e. The highest BCUT2D eigenvalue weighted by Crippen LogP contribution is 2.24. The molecule has 1 fully saturated rings. The Morgan fingerprint density at radius 2 is 2.38 bits per heavy atom. The summed E-state index contributed by atoms with van der Waals surface area (Å²) in [7, 11) is 0. The Morgan fingerprint density at radius 3 is 3.06 bits per heavy atom. The van der Waals surface area contributed by atoms with E-state index in [2.05, 4.69) is 14.1 Å². The van der Waals surface area contributed by atoms with Crippen molar-refractivity contribution < 1.29 is 9.90 Å². The van der Waals surface area contributed by atoms with E-state index in [9.17, 15) is 9.90 Å². The molecule has 2 rings (SSSR count). The Hall–Kier alpha value is -1.01. The van der Waals surface area contributed by atoms with Crippen molar-refractivity contribution in [3.63, 3.8) is 0 Å². The summed E-state index contributed by atoms with van der Waals surface area (Å²) in [4.78, 5) is 11.7. The van der Waals surface area contributed by atoms with Crippen molar-refractivity contribution in [3.8, 4) is 0 Å². The molecule has 1 aromatic rings. The van der Waals surface area contributed by atoms with Crippen molar-refractivity contribution in [1.29, 1.82) is 0 Å². The van der Waals surface area contributed by atoms with Gasteiger partial charge < -0.3 is 10.4 Å². The molecule has 5 nitrogen and oxygen atoms in total. The first-order chi connectivity index (χ1) is 7.81. The van der Waals surface area contributed by atoms with Crippen LogP contribution in [0.3, 0.4) is 0 Å². The fraction of sp³-hybridized carbons (Fsp3) is 0.700. The smallest absolute Gasteiger partial charge is 0.272 e. The van der Waals surface area contributed by atoms with Crippen LogP contribution in [0.15, 0.2) is 6.20 Å². The Kier molecular flexibility index (Phi) is 3.84. The number of nitrogens with zero attached hydrogens (tertiary/aromatic N) is 2. The number of aromatic nitrogens is 2. The van der Waals surface area contributed by atoms with Crippen molar-refractivity contribution in [2.45, 2.75) is 31.7 Å². The van der Waals surface area contributed by atoms with Crippen LogP contribution in [0.2, 0.25) is 0 Å². The van der Waals surface area contributed by atoms with Gasteiger partial charge in [-0.3, -0.25) is 4.79 Å². The van der Waals surface area contributed by atoms with Gasteiger partial charge in [0.2, 0.25) is 0 Å². The predicted octanol–water partition coefficient (Wildman–Crippen LogP) is 0.819. The predicted molar refractivity (Wildman–Crippen MR) is 60.2 cm³/mol. The highest BCUT2D eigenvalue weighted by atomic mass is 32.1. The number of hydrogen-bond acceptors (Lipinski definition) is 5. The van der Waals surface area contributed by atoms with Gasteiger partial charge in [-0.05, 0) is 12.8 Å². The third-order valence-electron chi connectivity index (χ3n) is 3.05. The third kappa shape index (κ3) is 2.56. The van der Waals surface area contributed by atoms with E-state index in [-0.39, 0.29) is 24.5 Å². The summed E-state index contributed by atoms with van der Waals surface area (Å²) < 4.78 is 7.68. The molecule has 0 saturated heterocycles. The lowest BCUT2D eigenvalue weighted by Crippen LogP contribution is -2.43. The molecule has 2 N–H and O–H groups in total. The first-order valence-electron chi connectivity index (χ1n) is 5.50. The number of carbonyl (C=O) groups is 1. The lowest BCUT2D eigenvalue weighted by atomic mass is 9.85. The molecule has 6 heteroatoms. The van der Waals surface area contributed by atoms with Crippen molar-refractivity contribution >= 4 is 17.6 Å². The molecule has 1 aliphatic carbocycles. The lowest BCUT2D eigenvalue weighted by molar-refractivity contribution is 0.0868. The number of carbonyl (C=O) groups excluding carboxylic acids is 1. The average Bonchev–Trinajstić information content (AvgIpc) is 2.83. The summed E-state index contributed by atoms with van der Waals surface area (Å²) in [5.74, 6) is 0.00314. The van der Waals surface area contributed by atoms with E-state index in [0.717, 1.165) is 37.4 Å². The topological polar surface area (TPSA) is 75.1 Å². The van der Waals surface area contributed by atoms with Gasteiger partial charge in [-0.1, -0.05) is 12.8 Å². The molecule has 88 valence electrons. The van der Waals surface area contributed by atoms with Gasteiger partial charge in [0, 0.05) is 18.6 Å². The van der Waals surface area contributed by atoms with Gasteiger partial charge in [-0.2, -0.15) is 8.75 Å². The van der Waals surface area contributed by atoms with E-state index in [1.165, 1.54) is 6.20 Å². The molecule has 2 atom stereocenters. The van der Waals surface area contributed by atoms with Crippen LogP contribution in [0.5, 0.6) is 0 Å². The molecule has 0 aliphatic heterocycles. The third-order valence-corrected chi connectivity index (χ3v) is 3.53. The van der Waals surface area contributed by atoms with Crippen molar-refractivity contribution in [2.24, 2.45) is 5.92 Å². The maximum Gasteiger partial charge on any atom is 0.272 e. The van der Waals surface area contributed by atoms with E-state index >= 15 is 0 Å². The maximum absolute atomic E-state index is 11.7. The molecule has 0 radical (unpaired) electrons. The van der Waals surface area contributed by atoms with Crippen LogP contribution >= 0.6 is 11.7 Å². The second-order valence-corrected chi connectivity index (χ2v) is 4.66. The highest BCUT2D eigenvalue weighted by Gasteiger charge is 2.26. The monoisotopic (exact) mass is 241 g/mol. The largest absolute Gasteiger partial charge is 0.396 e. The van der Waals surface area contributed by atoms with Crippen molar-refractivity contribution in [3.05, 3.63) is 11.9 Å². The minimum atomic E-state index is -0.181. The molecule has 0 bridgehead atoms. The minimum absolute atomic E-state index is 0.0768. The molecule has 1 aliphatic rings. The van der Waals surface area contributed by atoms with Gasteiger partial charge >= 0.3 is 0 Å². The van der Waals surface area contributed by atoms with Crippen LogP contribution in [0, 0.1) is 5.92 Å².